The zero-order valence-electron chi connectivity index (χ0n) is 13.8. The van der Waals surface area contributed by atoms with Crippen LogP contribution in [0.25, 0.3) is 10.9 Å². The second-order valence-corrected chi connectivity index (χ2v) is 5.54. The number of carbonyl (C=O) groups is 1. The molecule has 1 aromatic carbocycles. The molecule has 0 fully saturated rings. The number of urea groups is 1. The van der Waals surface area contributed by atoms with Crippen LogP contribution in [0.5, 0.6) is 0 Å². The topological polar surface area (TPSA) is 113 Å². The third kappa shape index (κ3) is 4.06. The number of nitro groups is 1. The van der Waals surface area contributed by atoms with Crippen LogP contribution in [0.1, 0.15) is 13.8 Å². The van der Waals surface area contributed by atoms with Crippen LogP contribution in [0, 0.1) is 10.1 Å². The minimum Gasteiger partial charge on any atom is -0.368 e. The number of carbonyl (C=O) groups excluding carboxylic acids is 1. The third-order valence-corrected chi connectivity index (χ3v) is 3.62. The van der Waals surface area contributed by atoms with Crippen molar-refractivity contribution in [2.24, 2.45) is 0 Å². The molecule has 0 spiro atoms. The van der Waals surface area contributed by atoms with Gasteiger partial charge in [0, 0.05) is 43.7 Å². The average Bonchev–Trinajstić information content (AvgIpc) is 2.57. The maximum Gasteiger partial charge on any atom is 0.317 e. The van der Waals surface area contributed by atoms with Gasteiger partial charge in [0.05, 0.1) is 10.4 Å². The van der Waals surface area contributed by atoms with Crippen LogP contribution < -0.4 is 10.6 Å². The van der Waals surface area contributed by atoms with Crippen molar-refractivity contribution < 1.29 is 9.72 Å². The minimum atomic E-state index is -0.460. The van der Waals surface area contributed by atoms with Crippen molar-refractivity contribution in [2.45, 2.75) is 19.9 Å². The highest BCUT2D eigenvalue weighted by molar-refractivity contribution is 5.90. The second-order valence-electron chi connectivity index (χ2n) is 5.54. The van der Waals surface area contributed by atoms with Crippen molar-refractivity contribution in [3.63, 3.8) is 0 Å². The van der Waals surface area contributed by atoms with Crippen molar-refractivity contribution in [3.8, 4) is 0 Å². The molecule has 1 heterocycles. The first kappa shape index (κ1) is 17.4. The minimum absolute atomic E-state index is 0.0211. The van der Waals surface area contributed by atoms with Gasteiger partial charge in [-0.3, -0.25) is 10.1 Å². The Morgan fingerprint density at radius 3 is 2.75 bits per heavy atom. The SMILES string of the molecule is CC(C)N(C)C(=O)NCCNc1ncnc2ccc([N+](=O)[O-])cc12. The van der Waals surface area contributed by atoms with E-state index in [0.717, 1.165) is 0 Å². The molecular formula is C15H20N6O3. The number of nitrogens with zero attached hydrogens (tertiary/aromatic N) is 4. The Hall–Kier alpha value is -2.97. The van der Waals surface area contributed by atoms with Gasteiger partial charge in [-0.05, 0) is 19.9 Å². The van der Waals surface area contributed by atoms with E-state index >= 15 is 0 Å². The van der Waals surface area contributed by atoms with Crippen LogP contribution in [-0.2, 0) is 0 Å². The summed E-state index contributed by atoms with van der Waals surface area (Å²) in [5.74, 6) is 0.496. The maximum atomic E-state index is 11.8. The molecule has 1 aromatic heterocycles. The van der Waals surface area contributed by atoms with E-state index in [-0.39, 0.29) is 17.8 Å². The standard InChI is InChI=1S/C15H20N6O3/c1-10(2)20(3)15(22)17-7-6-16-14-12-8-11(21(23)24)4-5-13(12)18-9-19-14/h4-5,8-10H,6-7H2,1-3H3,(H,17,22)(H,16,18,19). The number of anilines is 1. The van der Waals surface area contributed by atoms with Gasteiger partial charge in [-0.1, -0.05) is 0 Å². The summed E-state index contributed by atoms with van der Waals surface area (Å²) in [5.41, 5.74) is 0.592. The van der Waals surface area contributed by atoms with Gasteiger partial charge in [0.2, 0.25) is 0 Å². The first-order chi connectivity index (χ1) is 11.4. The number of rotatable bonds is 6. The van der Waals surface area contributed by atoms with E-state index in [0.29, 0.717) is 29.8 Å². The Morgan fingerprint density at radius 1 is 1.33 bits per heavy atom. The van der Waals surface area contributed by atoms with E-state index in [1.165, 1.54) is 18.5 Å². The molecule has 0 aliphatic heterocycles. The Kier molecular flexibility index (Phi) is 5.46. The molecule has 2 aromatic rings. The van der Waals surface area contributed by atoms with Crippen LogP contribution in [0.3, 0.4) is 0 Å². The molecule has 128 valence electrons. The lowest BCUT2D eigenvalue weighted by Crippen LogP contribution is -2.42. The van der Waals surface area contributed by atoms with Crippen molar-refractivity contribution in [3.05, 3.63) is 34.6 Å². The summed E-state index contributed by atoms with van der Waals surface area (Å²) in [4.78, 5) is 32.1. The molecular weight excluding hydrogens is 312 g/mol. The number of amides is 2. The van der Waals surface area contributed by atoms with E-state index in [9.17, 15) is 14.9 Å². The second kappa shape index (κ2) is 7.53. The summed E-state index contributed by atoms with van der Waals surface area (Å²) in [5, 5.41) is 17.3. The molecule has 2 N–H and O–H groups in total. The van der Waals surface area contributed by atoms with Gasteiger partial charge >= 0.3 is 6.03 Å². The Morgan fingerprint density at radius 2 is 2.08 bits per heavy atom. The van der Waals surface area contributed by atoms with Gasteiger partial charge in [-0.15, -0.1) is 0 Å². The number of hydrogen-bond donors (Lipinski definition) is 2. The first-order valence-corrected chi connectivity index (χ1v) is 7.54. The first-order valence-electron chi connectivity index (χ1n) is 7.54. The number of nitrogens with one attached hydrogen (secondary N) is 2. The summed E-state index contributed by atoms with van der Waals surface area (Å²) in [6.45, 7) is 4.69. The van der Waals surface area contributed by atoms with Crippen molar-refractivity contribution in [1.29, 1.82) is 0 Å². The molecule has 9 nitrogen and oxygen atoms in total. The van der Waals surface area contributed by atoms with E-state index in [4.69, 9.17) is 0 Å². The highest BCUT2D eigenvalue weighted by Gasteiger charge is 2.12. The van der Waals surface area contributed by atoms with Crippen LogP contribution >= 0.6 is 0 Å². The lowest BCUT2D eigenvalue weighted by atomic mass is 10.2. The fourth-order valence-corrected chi connectivity index (χ4v) is 2.01. The highest BCUT2D eigenvalue weighted by atomic mass is 16.6. The summed E-state index contributed by atoms with van der Waals surface area (Å²) in [6.07, 6.45) is 1.39. The van der Waals surface area contributed by atoms with Crippen molar-refractivity contribution in [2.75, 3.05) is 25.5 Å². The molecule has 2 amide bonds. The summed E-state index contributed by atoms with van der Waals surface area (Å²) < 4.78 is 0. The maximum absolute atomic E-state index is 11.8. The molecule has 9 heteroatoms. The van der Waals surface area contributed by atoms with Gasteiger partial charge in [-0.2, -0.15) is 0 Å². The van der Waals surface area contributed by atoms with Crippen LogP contribution in [0.2, 0.25) is 0 Å². The van der Waals surface area contributed by atoms with Gasteiger partial charge < -0.3 is 15.5 Å². The monoisotopic (exact) mass is 332 g/mol. The molecule has 2 rings (SSSR count). The molecule has 0 bridgehead atoms. The van der Waals surface area contributed by atoms with Gasteiger partial charge in [0.1, 0.15) is 12.1 Å². The number of hydrogen-bond acceptors (Lipinski definition) is 6. The molecule has 24 heavy (non-hydrogen) atoms. The summed E-state index contributed by atoms with van der Waals surface area (Å²) in [7, 11) is 1.73. The predicted octanol–water partition coefficient (Wildman–Crippen LogP) is 2.00. The molecule has 0 aliphatic carbocycles. The zero-order chi connectivity index (χ0) is 17.7. The van der Waals surface area contributed by atoms with E-state index in [1.807, 2.05) is 13.8 Å². The highest BCUT2D eigenvalue weighted by Crippen LogP contribution is 2.23. The van der Waals surface area contributed by atoms with Gasteiger partial charge in [0.25, 0.3) is 5.69 Å². The quantitative estimate of drug-likeness (QED) is 0.475. The third-order valence-electron chi connectivity index (χ3n) is 3.62. The zero-order valence-corrected chi connectivity index (χ0v) is 13.8. The average molecular weight is 332 g/mol. The summed E-state index contributed by atoms with van der Waals surface area (Å²) >= 11 is 0. The molecule has 0 unspecified atom stereocenters. The Balaban J connectivity index is 2.01. The Labute approximate surface area is 139 Å². The van der Waals surface area contributed by atoms with Crippen LogP contribution in [0.15, 0.2) is 24.5 Å². The molecule has 0 saturated carbocycles. The predicted molar refractivity (Wildman–Crippen MR) is 91.0 cm³/mol. The smallest absolute Gasteiger partial charge is 0.317 e. The Bertz CT molecular complexity index is 749. The summed E-state index contributed by atoms with van der Waals surface area (Å²) in [6, 6.07) is 4.38. The van der Waals surface area contributed by atoms with Crippen LogP contribution in [0.4, 0.5) is 16.3 Å². The number of fused-ring (bicyclic) bond motifs is 1. The van der Waals surface area contributed by atoms with E-state index in [2.05, 4.69) is 20.6 Å². The van der Waals surface area contributed by atoms with Crippen LogP contribution in [-0.4, -0.2) is 52.0 Å². The number of aromatic nitrogens is 2. The lowest BCUT2D eigenvalue weighted by molar-refractivity contribution is -0.384. The fraction of sp³-hybridized carbons (Fsp3) is 0.400. The van der Waals surface area contributed by atoms with E-state index in [1.54, 1.807) is 18.0 Å². The van der Waals surface area contributed by atoms with Crippen molar-refractivity contribution in [1.82, 2.24) is 20.2 Å². The van der Waals surface area contributed by atoms with Gasteiger partial charge in [-0.25, -0.2) is 14.8 Å². The lowest BCUT2D eigenvalue weighted by Gasteiger charge is -2.21. The molecule has 0 saturated heterocycles. The molecule has 0 atom stereocenters. The van der Waals surface area contributed by atoms with E-state index < -0.39 is 4.92 Å². The number of non-ortho nitro benzene ring substituents is 1. The number of benzene rings is 1. The number of nitro benzene ring substituents is 1. The van der Waals surface area contributed by atoms with Crippen molar-refractivity contribution >= 4 is 28.4 Å². The largest absolute Gasteiger partial charge is 0.368 e. The molecule has 0 radical (unpaired) electrons. The normalized spacial score (nSPS) is 10.7. The fourth-order valence-electron chi connectivity index (χ4n) is 2.01. The van der Waals surface area contributed by atoms with Gasteiger partial charge in [0.15, 0.2) is 0 Å². The molecule has 0 aliphatic rings.